The van der Waals surface area contributed by atoms with Crippen LogP contribution in [0.1, 0.15) is 25.3 Å². The molecule has 98 valence electrons. The number of carbonyl (C=O) groups is 1. The third-order valence-corrected chi connectivity index (χ3v) is 3.15. The Morgan fingerprint density at radius 3 is 2.83 bits per heavy atom. The zero-order valence-corrected chi connectivity index (χ0v) is 10.9. The Morgan fingerprint density at radius 2 is 2.28 bits per heavy atom. The molecule has 1 amide bonds. The highest BCUT2D eigenvalue weighted by atomic mass is 16.5. The van der Waals surface area contributed by atoms with Crippen molar-refractivity contribution in [2.24, 2.45) is 5.73 Å². The van der Waals surface area contributed by atoms with E-state index >= 15 is 0 Å². The SMILES string of the molecule is COc1cccc(CN(C(=O)[C@H](C)N)C2CC2)c1. The van der Waals surface area contributed by atoms with Gasteiger partial charge in [-0.3, -0.25) is 4.79 Å². The molecular formula is C14H20N2O2. The van der Waals surface area contributed by atoms with Crippen LogP contribution in [0.5, 0.6) is 5.75 Å². The van der Waals surface area contributed by atoms with Gasteiger partial charge < -0.3 is 15.4 Å². The molecule has 1 aromatic carbocycles. The molecule has 18 heavy (non-hydrogen) atoms. The lowest BCUT2D eigenvalue weighted by Crippen LogP contribution is -2.42. The third kappa shape index (κ3) is 3.01. The van der Waals surface area contributed by atoms with E-state index in [0.717, 1.165) is 24.2 Å². The van der Waals surface area contributed by atoms with Gasteiger partial charge in [0.05, 0.1) is 13.2 Å². The van der Waals surface area contributed by atoms with Crippen LogP contribution in [0.25, 0.3) is 0 Å². The number of rotatable bonds is 5. The highest BCUT2D eigenvalue weighted by Crippen LogP contribution is 2.29. The van der Waals surface area contributed by atoms with Gasteiger partial charge in [-0.05, 0) is 37.5 Å². The summed E-state index contributed by atoms with van der Waals surface area (Å²) >= 11 is 0. The number of methoxy groups -OCH3 is 1. The van der Waals surface area contributed by atoms with Crippen molar-refractivity contribution >= 4 is 5.91 Å². The van der Waals surface area contributed by atoms with Gasteiger partial charge in [0.15, 0.2) is 0 Å². The maximum atomic E-state index is 12.1. The van der Waals surface area contributed by atoms with E-state index in [0.29, 0.717) is 12.6 Å². The molecule has 0 heterocycles. The second kappa shape index (κ2) is 5.40. The Balaban J connectivity index is 2.10. The fourth-order valence-corrected chi connectivity index (χ4v) is 2.00. The van der Waals surface area contributed by atoms with Gasteiger partial charge in [-0.1, -0.05) is 12.1 Å². The number of amides is 1. The van der Waals surface area contributed by atoms with Crippen LogP contribution in [0, 0.1) is 0 Å². The van der Waals surface area contributed by atoms with Gasteiger partial charge in [0, 0.05) is 12.6 Å². The highest BCUT2D eigenvalue weighted by molar-refractivity contribution is 5.81. The van der Waals surface area contributed by atoms with E-state index in [1.165, 1.54) is 0 Å². The molecule has 4 heteroatoms. The van der Waals surface area contributed by atoms with Crippen LogP contribution in [0.3, 0.4) is 0 Å². The minimum Gasteiger partial charge on any atom is -0.497 e. The summed E-state index contributed by atoms with van der Waals surface area (Å²) in [5.74, 6) is 0.844. The molecule has 1 aliphatic carbocycles. The van der Waals surface area contributed by atoms with Gasteiger partial charge in [0.25, 0.3) is 0 Å². The topological polar surface area (TPSA) is 55.6 Å². The molecule has 4 nitrogen and oxygen atoms in total. The summed E-state index contributed by atoms with van der Waals surface area (Å²) in [4.78, 5) is 13.9. The second-order valence-electron chi connectivity index (χ2n) is 4.84. The Bertz CT molecular complexity index is 428. The van der Waals surface area contributed by atoms with E-state index < -0.39 is 6.04 Å². The number of nitrogens with two attached hydrogens (primary N) is 1. The highest BCUT2D eigenvalue weighted by Gasteiger charge is 2.33. The summed E-state index contributed by atoms with van der Waals surface area (Å²) in [5, 5.41) is 0. The standard InChI is InChI=1S/C14H20N2O2/c1-10(15)14(17)16(12-6-7-12)9-11-4-3-5-13(8-11)18-2/h3-5,8,10,12H,6-7,9,15H2,1-2H3/t10-/m0/s1. The first-order valence-corrected chi connectivity index (χ1v) is 6.31. The van der Waals surface area contributed by atoms with E-state index in [1.807, 2.05) is 29.2 Å². The van der Waals surface area contributed by atoms with Crippen molar-refractivity contribution in [3.8, 4) is 5.75 Å². The van der Waals surface area contributed by atoms with E-state index in [2.05, 4.69) is 0 Å². The quantitative estimate of drug-likeness (QED) is 0.859. The predicted octanol–water partition coefficient (Wildman–Crippen LogP) is 1.53. The van der Waals surface area contributed by atoms with Gasteiger partial charge in [-0.15, -0.1) is 0 Å². The first-order valence-electron chi connectivity index (χ1n) is 6.31. The summed E-state index contributed by atoms with van der Waals surface area (Å²) in [6, 6.07) is 7.75. The van der Waals surface area contributed by atoms with Gasteiger partial charge in [-0.2, -0.15) is 0 Å². The third-order valence-electron chi connectivity index (χ3n) is 3.15. The molecular weight excluding hydrogens is 228 g/mol. The first-order chi connectivity index (χ1) is 8.61. The molecule has 1 fully saturated rings. The van der Waals surface area contributed by atoms with Gasteiger partial charge in [-0.25, -0.2) is 0 Å². The maximum Gasteiger partial charge on any atom is 0.239 e. The minimum absolute atomic E-state index is 0.0281. The summed E-state index contributed by atoms with van der Waals surface area (Å²) < 4.78 is 5.19. The van der Waals surface area contributed by atoms with Crippen LogP contribution in [0.15, 0.2) is 24.3 Å². The molecule has 0 aliphatic heterocycles. The summed E-state index contributed by atoms with van der Waals surface area (Å²) in [7, 11) is 1.64. The van der Waals surface area contributed by atoms with Crippen LogP contribution in [-0.2, 0) is 11.3 Å². The molecule has 0 spiro atoms. The normalized spacial score (nSPS) is 16.2. The predicted molar refractivity (Wildman–Crippen MR) is 70.2 cm³/mol. The average molecular weight is 248 g/mol. The van der Waals surface area contributed by atoms with Crippen molar-refractivity contribution in [1.82, 2.24) is 4.90 Å². The molecule has 0 unspecified atom stereocenters. The zero-order valence-electron chi connectivity index (χ0n) is 10.9. The van der Waals surface area contributed by atoms with E-state index in [9.17, 15) is 4.79 Å². The van der Waals surface area contributed by atoms with Crippen LogP contribution >= 0.6 is 0 Å². The lowest BCUT2D eigenvalue weighted by molar-refractivity contribution is -0.133. The van der Waals surface area contributed by atoms with Crippen LogP contribution in [0.4, 0.5) is 0 Å². The lowest BCUT2D eigenvalue weighted by atomic mass is 10.2. The van der Waals surface area contributed by atoms with Crippen LogP contribution < -0.4 is 10.5 Å². The summed E-state index contributed by atoms with van der Waals surface area (Å²) in [6.07, 6.45) is 2.17. The Labute approximate surface area is 108 Å². The molecule has 1 aromatic rings. The van der Waals surface area contributed by atoms with Crippen LogP contribution in [-0.4, -0.2) is 30.0 Å². The molecule has 1 aliphatic rings. The fraction of sp³-hybridized carbons (Fsp3) is 0.500. The number of carbonyl (C=O) groups excluding carboxylic acids is 1. The van der Waals surface area contributed by atoms with Crippen molar-refractivity contribution in [3.63, 3.8) is 0 Å². The number of ether oxygens (including phenoxy) is 1. The van der Waals surface area contributed by atoms with Gasteiger partial charge in [0.2, 0.25) is 5.91 Å². The molecule has 0 saturated heterocycles. The number of hydrogen-bond donors (Lipinski definition) is 1. The van der Waals surface area contributed by atoms with Crippen LogP contribution in [0.2, 0.25) is 0 Å². The summed E-state index contributed by atoms with van der Waals surface area (Å²) in [5.41, 5.74) is 6.78. The monoisotopic (exact) mass is 248 g/mol. The number of benzene rings is 1. The maximum absolute atomic E-state index is 12.1. The Kier molecular flexibility index (Phi) is 3.87. The largest absolute Gasteiger partial charge is 0.497 e. The Hall–Kier alpha value is -1.55. The molecule has 0 radical (unpaired) electrons. The molecule has 0 bridgehead atoms. The molecule has 0 aromatic heterocycles. The first kappa shape index (κ1) is 12.9. The number of hydrogen-bond acceptors (Lipinski definition) is 3. The minimum atomic E-state index is -0.434. The van der Waals surface area contributed by atoms with Crippen molar-refractivity contribution < 1.29 is 9.53 Å². The van der Waals surface area contributed by atoms with Crippen molar-refractivity contribution in [2.45, 2.75) is 38.4 Å². The second-order valence-corrected chi connectivity index (χ2v) is 4.84. The molecule has 2 rings (SSSR count). The van der Waals surface area contributed by atoms with Crippen molar-refractivity contribution in [1.29, 1.82) is 0 Å². The van der Waals surface area contributed by atoms with E-state index in [4.69, 9.17) is 10.5 Å². The molecule has 2 N–H and O–H groups in total. The van der Waals surface area contributed by atoms with Gasteiger partial charge >= 0.3 is 0 Å². The molecule has 1 saturated carbocycles. The lowest BCUT2D eigenvalue weighted by Gasteiger charge is -2.24. The summed E-state index contributed by atoms with van der Waals surface area (Å²) in [6.45, 7) is 2.35. The smallest absolute Gasteiger partial charge is 0.239 e. The molecule has 1 atom stereocenters. The van der Waals surface area contributed by atoms with Gasteiger partial charge in [0.1, 0.15) is 5.75 Å². The number of nitrogens with zero attached hydrogens (tertiary/aromatic N) is 1. The van der Waals surface area contributed by atoms with Crippen molar-refractivity contribution in [2.75, 3.05) is 7.11 Å². The Morgan fingerprint density at radius 1 is 1.56 bits per heavy atom. The fourth-order valence-electron chi connectivity index (χ4n) is 2.00. The van der Waals surface area contributed by atoms with E-state index in [-0.39, 0.29) is 5.91 Å². The zero-order chi connectivity index (χ0) is 13.1. The van der Waals surface area contributed by atoms with E-state index in [1.54, 1.807) is 14.0 Å². The van der Waals surface area contributed by atoms with Crippen molar-refractivity contribution in [3.05, 3.63) is 29.8 Å². The average Bonchev–Trinajstić information content (AvgIpc) is 3.19.